The van der Waals surface area contributed by atoms with E-state index in [1.54, 1.807) is 6.07 Å². The fraction of sp³-hybridized carbons (Fsp3) is 0.444. The van der Waals surface area contributed by atoms with Crippen molar-refractivity contribution in [2.45, 2.75) is 39.3 Å². The lowest BCUT2D eigenvalue weighted by atomic mass is 10.1. The van der Waals surface area contributed by atoms with Crippen LogP contribution in [-0.4, -0.2) is 43.3 Å². The van der Waals surface area contributed by atoms with Gasteiger partial charge in [0.25, 0.3) is 0 Å². The fourth-order valence-electron chi connectivity index (χ4n) is 3.25. The molecule has 2 aromatic heterocycles. The number of halogens is 2. The summed E-state index contributed by atoms with van der Waals surface area (Å²) in [4.78, 5) is 11.3. The largest absolute Gasteiger partial charge is 0.350 e. The van der Waals surface area contributed by atoms with E-state index in [9.17, 15) is 0 Å². The monoisotopic (exact) mass is 437 g/mol. The molecule has 1 fully saturated rings. The van der Waals surface area contributed by atoms with E-state index in [4.69, 9.17) is 23.2 Å². The smallest absolute Gasteiger partial charge is 0.242 e. The molecule has 3 heterocycles. The Hall–Kier alpha value is -1.90. The van der Waals surface area contributed by atoms with Crippen LogP contribution in [0.25, 0.3) is 0 Å². The summed E-state index contributed by atoms with van der Waals surface area (Å²) in [7, 11) is 0. The minimum Gasteiger partial charge on any atom is -0.350 e. The molecule has 0 saturated carbocycles. The van der Waals surface area contributed by atoms with Crippen LogP contribution in [-0.2, 0) is 6.54 Å². The molecule has 4 rings (SSSR count). The van der Waals surface area contributed by atoms with Crippen molar-refractivity contribution in [1.29, 1.82) is 0 Å². The van der Waals surface area contributed by atoms with Crippen molar-refractivity contribution in [3.05, 3.63) is 45.5 Å². The molecule has 1 aromatic carbocycles. The van der Waals surface area contributed by atoms with Crippen LogP contribution in [0.5, 0.6) is 0 Å². The number of nitrogens with one attached hydrogen (secondary N) is 1. The van der Waals surface area contributed by atoms with E-state index < -0.39 is 0 Å². The normalized spacial score (nSPS) is 15.2. The Morgan fingerprint density at radius 3 is 2.64 bits per heavy atom. The Kier molecular flexibility index (Phi) is 5.70. The summed E-state index contributed by atoms with van der Waals surface area (Å²) in [5, 5.41) is 10.4. The molecule has 1 aliphatic heterocycles. The number of hydrogen-bond donors (Lipinski definition) is 1. The molecule has 3 aromatic rings. The highest BCUT2D eigenvalue weighted by atomic mass is 35.5. The second-order valence-electron chi connectivity index (χ2n) is 6.91. The van der Waals surface area contributed by atoms with Gasteiger partial charge in [-0.05, 0) is 44.4 Å². The number of rotatable bonds is 5. The van der Waals surface area contributed by atoms with Gasteiger partial charge in [-0.1, -0.05) is 29.3 Å². The Balaban J connectivity index is 1.36. The van der Waals surface area contributed by atoms with Gasteiger partial charge in [0.05, 0.1) is 6.54 Å². The van der Waals surface area contributed by atoms with Crippen molar-refractivity contribution in [2.75, 3.05) is 23.3 Å². The molecule has 1 N–H and O–H groups in total. The molecule has 0 atom stereocenters. The maximum atomic E-state index is 6.28. The van der Waals surface area contributed by atoms with Crippen molar-refractivity contribution in [1.82, 2.24) is 24.1 Å². The Labute approximate surface area is 177 Å². The lowest BCUT2D eigenvalue weighted by Crippen LogP contribution is -2.39. The van der Waals surface area contributed by atoms with Gasteiger partial charge in [-0.3, -0.25) is 0 Å². The number of hydrogen-bond acceptors (Lipinski definition) is 7. The summed E-state index contributed by atoms with van der Waals surface area (Å²) in [5.41, 5.74) is 0.964. The summed E-state index contributed by atoms with van der Waals surface area (Å²) in [6.07, 6.45) is 2.02. The number of piperidine rings is 1. The number of nitrogens with zero attached hydrogens (tertiary/aromatic N) is 6. The third-order valence-electron chi connectivity index (χ3n) is 4.81. The van der Waals surface area contributed by atoms with Crippen LogP contribution in [0.4, 0.5) is 11.1 Å². The highest BCUT2D eigenvalue weighted by molar-refractivity contribution is 7.09. The molecule has 0 radical (unpaired) electrons. The first-order valence-electron chi connectivity index (χ1n) is 9.15. The van der Waals surface area contributed by atoms with E-state index >= 15 is 0 Å². The van der Waals surface area contributed by atoms with Crippen LogP contribution in [0.2, 0.25) is 10.0 Å². The zero-order chi connectivity index (χ0) is 19.7. The number of benzene rings is 1. The quantitative estimate of drug-likeness (QED) is 0.645. The van der Waals surface area contributed by atoms with Crippen LogP contribution in [0.3, 0.4) is 0 Å². The van der Waals surface area contributed by atoms with Crippen molar-refractivity contribution >= 4 is 45.8 Å². The predicted molar refractivity (Wildman–Crippen MR) is 114 cm³/mol. The minimum absolute atomic E-state index is 0.347. The number of anilines is 2. The lowest BCUT2D eigenvalue weighted by molar-refractivity contribution is 0.522. The van der Waals surface area contributed by atoms with Gasteiger partial charge < -0.3 is 10.2 Å². The first-order chi connectivity index (χ1) is 13.5. The first-order valence-corrected chi connectivity index (χ1v) is 10.7. The average Bonchev–Trinajstić information content (AvgIpc) is 3.24. The molecule has 0 spiro atoms. The zero-order valence-corrected chi connectivity index (χ0v) is 18.0. The molecule has 10 heteroatoms. The second-order valence-corrected chi connectivity index (χ2v) is 8.48. The molecular formula is C18H21Cl2N7S. The molecule has 1 aliphatic rings. The molecule has 148 valence electrons. The second kappa shape index (κ2) is 8.23. The van der Waals surface area contributed by atoms with Crippen LogP contribution in [0.15, 0.2) is 18.2 Å². The SMILES string of the molecule is Cc1nsc(N2CCC(Nc3nc(C)n(Cc4ccc(Cl)cc4Cl)n3)CC2)n1. The van der Waals surface area contributed by atoms with Crippen molar-refractivity contribution < 1.29 is 0 Å². The Morgan fingerprint density at radius 2 is 1.96 bits per heavy atom. The molecular weight excluding hydrogens is 417 g/mol. The zero-order valence-electron chi connectivity index (χ0n) is 15.7. The van der Waals surface area contributed by atoms with Gasteiger partial charge in [0.1, 0.15) is 11.6 Å². The highest BCUT2D eigenvalue weighted by Gasteiger charge is 2.22. The third-order valence-corrected chi connectivity index (χ3v) is 6.26. The minimum atomic E-state index is 0.347. The topological polar surface area (TPSA) is 71.8 Å². The molecule has 0 bridgehead atoms. The first kappa shape index (κ1) is 19.4. The van der Waals surface area contributed by atoms with Crippen LogP contribution < -0.4 is 10.2 Å². The van der Waals surface area contributed by atoms with E-state index in [0.717, 1.165) is 48.3 Å². The Morgan fingerprint density at radius 1 is 1.18 bits per heavy atom. The van der Waals surface area contributed by atoms with E-state index in [0.29, 0.717) is 28.6 Å². The van der Waals surface area contributed by atoms with E-state index in [1.807, 2.05) is 30.7 Å². The predicted octanol–water partition coefficient (Wildman–Crippen LogP) is 4.18. The lowest BCUT2D eigenvalue weighted by Gasteiger charge is -2.31. The van der Waals surface area contributed by atoms with Crippen LogP contribution >= 0.6 is 34.7 Å². The third kappa shape index (κ3) is 4.39. The maximum absolute atomic E-state index is 6.28. The van der Waals surface area contributed by atoms with Gasteiger partial charge in [-0.15, -0.1) is 5.10 Å². The van der Waals surface area contributed by atoms with E-state index in [2.05, 4.69) is 29.7 Å². The standard InChI is InChI=1S/C18H21Cl2N7S/c1-11-21-18(28-25-11)26-7-5-15(6-8-26)23-17-22-12(2)27(24-17)10-13-3-4-14(19)9-16(13)20/h3-4,9,15H,5-8,10H2,1-2H3,(H,23,24). The van der Waals surface area contributed by atoms with E-state index in [-0.39, 0.29) is 0 Å². The molecule has 1 saturated heterocycles. The summed E-state index contributed by atoms with van der Waals surface area (Å²) in [6, 6.07) is 5.85. The summed E-state index contributed by atoms with van der Waals surface area (Å²) in [5.74, 6) is 2.34. The molecule has 0 amide bonds. The molecule has 7 nitrogen and oxygen atoms in total. The number of aryl methyl sites for hydroxylation is 2. The van der Waals surface area contributed by atoms with E-state index in [1.165, 1.54) is 11.5 Å². The summed E-state index contributed by atoms with van der Waals surface area (Å²) >= 11 is 13.7. The summed E-state index contributed by atoms with van der Waals surface area (Å²) in [6.45, 7) is 6.34. The van der Waals surface area contributed by atoms with Crippen LogP contribution in [0.1, 0.15) is 30.1 Å². The van der Waals surface area contributed by atoms with Gasteiger partial charge in [0.15, 0.2) is 0 Å². The average molecular weight is 438 g/mol. The maximum Gasteiger partial charge on any atom is 0.242 e. The molecule has 28 heavy (non-hydrogen) atoms. The molecule has 0 aliphatic carbocycles. The van der Waals surface area contributed by atoms with Crippen molar-refractivity contribution in [3.63, 3.8) is 0 Å². The van der Waals surface area contributed by atoms with Gasteiger partial charge >= 0.3 is 0 Å². The van der Waals surface area contributed by atoms with Gasteiger partial charge in [0, 0.05) is 40.7 Å². The van der Waals surface area contributed by atoms with Gasteiger partial charge in [0.2, 0.25) is 11.1 Å². The summed E-state index contributed by atoms with van der Waals surface area (Å²) < 4.78 is 6.13. The van der Waals surface area contributed by atoms with Gasteiger partial charge in [-0.25, -0.2) is 9.67 Å². The van der Waals surface area contributed by atoms with Gasteiger partial charge in [-0.2, -0.15) is 9.36 Å². The van der Waals surface area contributed by atoms with Crippen molar-refractivity contribution in [3.8, 4) is 0 Å². The van der Waals surface area contributed by atoms with Crippen LogP contribution in [0, 0.1) is 13.8 Å². The molecule has 0 unspecified atom stereocenters. The Bertz CT molecular complexity index is 963. The fourth-order valence-corrected chi connectivity index (χ4v) is 4.45. The number of aromatic nitrogens is 5. The van der Waals surface area contributed by atoms with Crippen molar-refractivity contribution in [2.24, 2.45) is 0 Å². The highest BCUT2D eigenvalue weighted by Crippen LogP contribution is 2.24.